The van der Waals surface area contributed by atoms with E-state index in [9.17, 15) is 4.79 Å². The lowest BCUT2D eigenvalue weighted by molar-refractivity contribution is 0.0979. The molecule has 2 rings (SSSR count). The number of furan rings is 1. The van der Waals surface area contributed by atoms with Gasteiger partial charge in [-0.15, -0.1) is 0 Å². The second-order valence-corrected chi connectivity index (χ2v) is 4.15. The van der Waals surface area contributed by atoms with Crippen LogP contribution in [-0.2, 0) is 6.42 Å². The Labute approximate surface area is 101 Å². The highest BCUT2D eigenvalue weighted by atomic mass is 16.3. The number of carbonyl (C=O) groups is 1. The quantitative estimate of drug-likeness (QED) is 0.729. The summed E-state index contributed by atoms with van der Waals surface area (Å²) in [7, 11) is 0. The van der Waals surface area contributed by atoms with Crippen molar-refractivity contribution < 1.29 is 9.21 Å². The third kappa shape index (κ3) is 3.06. The molecule has 0 N–H and O–H groups in total. The van der Waals surface area contributed by atoms with Crippen LogP contribution in [0.5, 0.6) is 0 Å². The molecule has 0 aliphatic heterocycles. The summed E-state index contributed by atoms with van der Waals surface area (Å²) in [6.45, 7) is 1.82. The molecule has 2 heteroatoms. The SMILES string of the molecule is Cc1occc1C(=O)CCCc1ccccc1. The first-order chi connectivity index (χ1) is 8.27. The van der Waals surface area contributed by atoms with Crippen molar-refractivity contribution in [3.63, 3.8) is 0 Å². The van der Waals surface area contributed by atoms with Crippen LogP contribution in [0.3, 0.4) is 0 Å². The highest BCUT2D eigenvalue weighted by molar-refractivity contribution is 5.96. The fourth-order valence-corrected chi connectivity index (χ4v) is 1.91. The van der Waals surface area contributed by atoms with Crippen molar-refractivity contribution >= 4 is 5.78 Å². The fraction of sp³-hybridized carbons (Fsp3) is 0.267. The van der Waals surface area contributed by atoms with Crippen molar-refractivity contribution in [3.05, 3.63) is 59.5 Å². The third-order valence-electron chi connectivity index (χ3n) is 2.87. The molecule has 0 aliphatic carbocycles. The zero-order valence-electron chi connectivity index (χ0n) is 9.98. The number of hydrogen-bond acceptors (Lipinski definition) is 2. The van der Waals surface area contributed by atoms with E-state index in [1.54, 1.807) is 12.3 Å². The second kappa shape index (κ2) is 5.48. The molecule has 1 heterocycles. The summed E-state index contributed by atoms with van der Waals surface area (Å²) < 4.78 is 5.13. The molecule has 0 saturated heterocycles. The van der Waals surface area contributed by atoms with Gasteiger partial charge in [0.2, 0.25) is 0 Å². The molecule has 0 fully saturated rings. The number of ketones is 1. The van der Waals surface area contributed by atoms with Gasteiger partial charge in [0.25, 0.3) is 0 Å². The highest BCUT2D eigenvalue weighted by Gasteiger charge is 2.10. The van der Waals surface area contributed by atoms with Crippen LogP contribution >= 0.6 is 0 Å². The molecular formula is C15H16O2. The van der Waals surface area contributed by atoms with E-state index in [4.69, 9.17) is 4.42 Å². The zero-order chi connectivity index (χ0) is 12.1. The standard InChI is InChI=1S/C15H16O2/c1-12-14(10-11-17-12)15(16)9-5-8-13-6-3-2-4-7-13/h2-4,6-7,10-11H,5,8-9H2,1H3. The number of carbonyl (C=O) groups excluding carboxylic acids is 1. The number of hydrogen-bond donors (Lipinski definition) is 0. The van der Waals surface area contributed by atoms with Crippen molar-refractivity contribution in [1.29, 1.82) is 0 Å². The first-order valence-corrected chi connectivity index (χ1v) is 5.88. The maximum absolute atomic E-state index is 11.9. The van der Waals surface area contributed by atoms with Gasteiger partial charge in [-0.2, -0.15) is 0 Å². The number of benzene rings is 1. The van der Waals surface area contributed by atoms with Gasteiger partial charge in [0.1, 0.15) is 5.76 Å². The van der Waals surface area contributed by atoms with Gasteiger partial charge in [-0.25, -0.2) is 0 Å². The molecule has 88 valence electrons. The predicted octanol–water partition coefficient (Wildman–Crippen LogP) is 3.79. The van der Waals surface area contributed by atoms with Crippen LogP contribution < -0.4 is 0 Å². The summed E-state index contributed by atoms with van der Waals surface area (Å²) in [6, 6.07) is 12.0. The lowest BCUT2D eigenvalue weighted by atomic mass is 10.0. The Bertz CT molecular complexity index is 483. The number of rotatable bonds is 5. The zero-order valence-corrected chi connectivity index (χ0v) is 9.98. The van der Waals surface area contributed by atoms with Gasteiger partial charge in [0.05, 0.1) is 11.8 Å². The van der Waals surface area contributed by atoms with Crippen molar-refractivity contribution in [1.82, 2.24) is 0 Å². The van der Waals surface area contributed by atoms with Crippen LogP contribution in [0.25, 0.3) is 0 Å². The molecule has 0 aliphatic rings. The normalized spacial score (nSPS) is 10.4. The average Bonchev–Trinajstić information content (AvgIpc) is 2.77. The molecule has 0 unspecified atom stereocenters. The van der Waals surface area contributed by atoms with E-state index in [-0.39, 0.29) is 5.78 Å². The minimum atomic E-state index is 0.173. The van der Waals surface area contributed by atoms with Crippen molar-refractivity contribution in [3.8, 4) is 0 Å². The molecule has 0 atom stereocenters. The molecular weight excluding hydrogens is 212 g/mol. The smallest absolute Gasteiger partial charge is 0.166 e. The first-order valence-electron chi connectivity index (χ1n) is 5.88. The summed E-state index contributed by atoms with van der Waals surface area (Å²) in [4.78, 5) is 11.9. The van der Waals surface area contributed by atoms with Crippen LogP contribution in [0.1, 0.15) is 34.5 Å². The topological polar surface area (TPSA) is 30.2 Å². The molecule has 1 aromatic carbocycles. The summed E-state index contributed by atoms with van der Waals surface area (Å²) in [5.41, 5.74) is 2.00. The predicted molar refractivity (Wildman–Crippen MR) is 67.2 cm³/mol. The molecule has 2 nitrogen and oxygen atoms in total. The van der Waals surface area contributed by atoms with Gasteiger partial charge in [0.15, 0.2) is 5.78 Å². The molecule has 0 saturated carbocycles. The maximum Gasteiger partial charge on any atom is 0.166 e. The van der Waals surface area contributed by atoms with E-state index in [0.717, 1.165) is 24.2 Å². The summed E-state index contributed by atoms with van der Waals surface area (Å²) in [6.07, 6.45) is 3.98. The van der Waals surface area contributed by atoms with Gasteiger partial charge in [-0.05, 0) is 31.4 Å². The number of aryl methyl sites for hydroxylation is 2. The van der Waals surface area contributed by atoms with Crippen LogP contribution in [0.4, 0.5) is 0 Å². The Kier molecular flexibility index (Phi) is 3.76. The molecule has 17 heavy (non-hydrogen) atoms. The maximum atomic E-state index is 11.9. The van der Waals surface area contributed by atoms with Crippen LogP contribution in [-0.4, -0.2) is 5.78 Å². The number of Topliss-reactive ketones (excluding diaryl/α,β-unsaturated/α-hetero) is 1. The van der Waals surface area contributed by atoms with Crippen molar-refractivity contribution in [2.75, 3.05) is 0 Å². The first kappa shape index (κ1) is 11.6. The Morgan fingerprint density at radius 2 is 1.94 bits per heavy atom. The van der Waals surface area contributed by atoms with Crippen LogP contribution in [0.15, 0.2) is 47.1 Å². The molecule has 2 aromatic rings. The van der Waals surface area contributed by atoms with E-state index in [1.165, 1.54) is 5.56 Å². The van der Waals surface area contributed by atoms with Crippen molar-refractivity contribution in [2.45, 2.75) is 26.2 Å². The Hall–Kier alpha value is -1.83. The van der Waals surface area contributed by atoms with E-state index < -0.39 is 0 Å². The van der Waals surface area contributed by atoms with Gasteiger partial charge >= 0.3 is 0 Å². The Balaban J connectivity index is 1.84. The molecule has 0 radical (unpaired) electrons. The largest absolute Gasteiger partial charge is 0.469 e. The van der Waals surface area contributed by atoms with Crippen LogP contribution in [0.2, 0.25) is 0 Å². The van der Waals surface area contributed by atoms with Crippen LogP contribution in [0, 0.1) is 6.92 Å². The van der Waals surface area contributed by atoms with E-state index in [2.05, 4.69) is 12.1 Å². The minimum absolute atomic E-state index is 0.173. The average molecular weight is 228 g/mol. The Morgan fingerprint density at radius 3 is 2.59 bits per heavy atom. The summed E-state index contributed by atoms with van der Waals surface area (Å²) in [5.74, 6) is 0.891. The lowest BCUT2D eigenvalue weighted by Gasteiger charge is -2.01. The molecule has 0 amide bonds. The van der Waals surface area contributed by atoms with E-state index in [1.807, 2.05) is 25.1 Å². The summed E-state index contributed by atoms with van der Waals surface area (Å²) >= 11 is 0. The minimum Gasteiger partial charge on any atom is -0.469 e. The van der Waals surface area contributed by atoms with Gasteiger partial charge in [-0.1, -0.05) is 30.3 Å². The third-order valence-corrected chi connectivity index (χ3v) is 2.87. The second-order valence-electron chi connectivity index (χ2n) is 4.15. The van der Waals surface area contributed by atoms with Gasteiger partial charge in [0, 0.05) is 6.42 Å². The fourth-order valence-electron chi connectivity index (χ4n) is 1.91. The lowest BCUT2D eigenvalue weighted by Crippen LogP contribution is -2.00. The molecule has 0 spiro atoms. The van der Waals surface area contributed by atoms with Crippen molar-refractivity contribution in [2.24, 2.45) is 0 Å². The Morgan fingerprint density at radius 1 is 1.18 bits per heavy atom. The molecule has 0 bridgehead atoms. The molecule has 1 aromatic heterocycles. The summed E-state index contributed by atoms with van der Waals surface area (Å²) in [5, 5.41) is 0. The van der Waals surface area contributed by atoms with E-state index in [0.29, 0.717) is 6.42 Å². The monoisotopic (exact) mass is 228 g/mol. The van der Waals surface area contributed by atoms with Gasteiger partial charge < -0.3 is 4.42 Å². The van der Waals surface area contributed by atoms with Gasteiger partial charge in [-0.3, -0.25) is 4.79 Å². The van der Waals surface area contributed by atoms with E-state index >= 15 is 0 Å². The highest BCUT2D eigenvalue weighted by Crippen LogP contribution is 2.13.